The molecule has 2 nitrogen and oxygen atoms in total. The van der Waals surface area contributed by atoms with E-state index < -0.39 is 0 Å². The van der Waals surface area contributed by atoms with Gasteiger partial charge in [0, 0.05) is 6.42 Å². The van der Waals surface area contributed by atoms with Crippen LogP contribution >= 0.6 is 0 Å². The summed E-state index contributed by atoms with van der Waals surface area (Å²) in [6, 6.07) is 0. The van der Waals surface area contributed by atoms with Gasteiger partial charge in [0.25, 0.3) is 0 Å². The van der Waals surface area contributed by atoms with Crippen LogP contribution in [-0.2, 0) is 9.53 Å². The van der Waals surface area contributed by atoms with E-state index in [1.54, 1.807) is 0 Å². The number of carbonyl (C=O) groups excluding carboxylic acids is 1. The van der Waals surface area contributed by atoms with E-state index in [0.717, 1.165) is 19.3 Å². The van der Waals surface area contributed by atoms with Crippen molar-refractivity contribution in [2.75, 3.05) is 0 Å². The number of ether oxygens (including phenoxy) is 1. The zero-order valence-corrected chi connectivity index (χ0v) is 10.7. The first-order valence-corrected chi connectivity index (χ1v) is 7.02. The number of hydrogen-bond donors (Lipinski definition) is 0. The van der Waals surface area contributed by atoms with Gasteiger partial charge in [0.05, 0.1) is 0 Å². The molecule has 0 aliphatic heterocycles. The maximum absolute atomic E-state index is 11.5. The van der Waals surface area contributed by atoms with Crippen LogP contribution in [0.25, 0.3) is 0 Å². The summed E-state index contributed by atoms with van der Waals surface area (Å²) in [5.41, 5.74) is 0. The lowest BCUT2D eigenvalue weighted by Crippen LogP contribution is -2.14. The van der Waals surface area contributed by atoms with Crippen LogP contribution in [-0.4, -0.2) is 12.1 Å². The van der Waals surface area contributed by atoms with Crippen LogP contribution in [0.15, 0.2) is 0 Å². The van der Waals surface area contributed by atoms with Gasteiger partial charge in [0.1, 0.15) is 6.10 Å². The molecule has 1 rings (SSSR count). The van der Waals surface area contributed by atoms with Gasteiger partial charge in [0.15, 0.2) is 0 Å². The molecule has 0 spiro atoms. The van der Waals surface area contributed by atoms with Gasteiger partial charge in [-0.15, -0.1) is 0 Å². The molecular weight excluding hydrogens is 200 g/mol. The molecule has 16 heavy (non-hydrogen) atoms. The minimum Gasteiger partial charge on any atom is -0.462 e. The molecule has 0 N–H and O–H groups in total. The van der Waals surface area contributed by atoms with Gasteiger partial charge in [-0.25, -0.2) is 0 Å². The molecule has 0 heterocycles. The second-order valence-corrected chi connectivity index (χ2v) is 4.91. The van der Waals surface area contributed by atoms with Crippen LogP contribution in [0.1, 0.15) is 77.6 Å². The summed E-state index contributed by atoms with van der Waals surface area (Å²) in [6.07, 6.45) is 12.9. The highest BCUT2D eigenvalue weighted by Crippen LogP contribution is 2.21. The van der Waals surface area contributed by atoms with E-state index >= 15 is 0 Å². The molecular formula is C14H26O2. The zero-order chi connectivity index (χ0) is 11.6. The van der Waals surface area contributed by atoms with E-state index in [1.807, 2.05) is 0 Å². The van der Waals surface area contributed by atoms with Crippen molar-refractivity contribution in [1.82, 2.24) is 0 Å². The highest BCUT2D eigenvalue weighted by Gasteiger charge is 2.18. The van der Waals surface area contributed by atoms with Crippen LogP contribution in [0, 0.1) is 0 Å². The lowest BCUT2D eigenvalue weighted by molar-refractivity contribution is -0.148. The molecule has 1 aliphatic carbocycles. The summed E-state index contributed by atoms with van der Waals surface area (Å²) >= 11 is 0. The quantitative estimate of drug-likeness (QED) is 0.457. The lowest BCUT2D eigenvalue weighted by Gasteiger charge is -2.10. The summed E-state index contributed by atoms with van der Waals surface area (Å²) in [6.45, 7) is 2.22. The van der Waals surface area contributed by atoms with E-state index in [9.17, 15) is 4.79 Å². The lowest BCUT2D eigenvalue weighted by atomic mass is 10.1. The highest BCUT2D eigenvalue weighted by molar-refractivity contribution is 5.69. The molecule has 0 saturated heterocycles. The fraction of sp³-hybridized carbons (Fsp3) is 0.929. The van der Waals surface area contributed by atoms with Crippen molar-refractivity contribution in [1.29, 1.82) is 0 Å². The molecule has 1 fully saturated rings. The number of esters is 1. The third-order valence-electron chi connectivity index (χ3n) is 3.33. The molecule has 1 saturated carbocycles. The Morgan fingerprint density at radius 3 is 2.38 bits per heavy atom. The molecule has 1 aliphatic rings. The van der Waals surface area contributed by atoms with Crippen LogP contribution in [0.3, 0.4) is 0 Å². The van der Waals surface area contributed by atoms with E-state index in [4.69, 9.17) is 4.74 Å². The molecule has 0 aromatic carbocycles. The van der Waals surface area contributed by atoms with Crippen molar-refractivity contribution in [2.24, 2.45) is 0 Å². The maximum Gasteiger partial charge on any atom is 0.306 e. The molecule has 0 aromatic rings. The first-order valence-electron chi connectivity index (χ1n) is 7.02. The predicted octanol–water partition coefficient (Wildman–Crippen LogP) is 4.22. The average Bonchev–Trinajstić information content (AvgIpc) is 2.76. The fourth-order valence-corrected chi connectivity index (χ4v) is 2.30. The monoisotopic (exact) mass is 226 g/mol. The van der Waals surface area contributed by atoms with Crippen molar-refractivity contribution in [2.45, 2.75) is 83.7 Å². The number of rotatable bonds is 8. The summed E-state index contributed by atoms with van der Waals surface area (Å²) in [7, 11) is 0. The minimum atomic E-state index is 0.0300. The average molecular weight is 226 g/mol. The predicted molar refractivity (Wildman–Crippen MR) is 66.3 cm³/mol. The standard InChI is InChI=1S/C14H26O2/c1-2-3-4-5-6-7-12-14(15)16-13-10-8-9-11-13/h13H,2-12H2,1H3. The second-order valence-electron chi connectivity index (χ2n) is 4.91. The number of unbranched alkanes of at least 4 members (excludes halogenated alkanes) is 5. The third kappa shape index (κ3) is 6.14. The van der Waals surface area contributed by atoms with Gasteiger partial charge in [-0.05, 0) is 32.1 Å². The fourth-order valence-electron chi connectivity index (χ4n) is 2.30. The maximum atomic E-state index is 11.5. The van der Waals surface area contributed by atoms with Crippen molar-refractivity contribution >= 4 is 5.97 Å². The summed E-state index contributed by atoms with van der Waals surface area (Å²) in [5.74, 6) is 0.0300. The van der Waals surface area contributed by atoms with Gasteiger partial charge >= 0.3 is 5.97 Å². The van der Waals surface area contributed by atoms with E-state index in [2.05, 4.69) is 6.92 Å². The normalized spacial score (nSPS) is 16.6. The molecule has 94 valence electrons. The van der Waals surface area contributed by atoms with Gasteiger partial charge in [-0.1, -0.05) is 39.0 Å². The SMILES string of the molecule is CCCCCCCCC(=O)OC1CCCC1. The van der Waals surface area contributed by atoms with Crippen molar-refractivity contribution in [3.63, 3.8) is 0 Å². The second kappa shape index (κ2) is 8.60. The first kappa shape index (κ1) is 13.5. The van der Waals surface area contributed by atoms with Crippen LogP contribution in [0.5, 0.6) is 0 Å². The molecule has 2 heteroatoms. The number of carbonyl (C=O) groups is 1. The van der Waals surface area contributed by atoms with Gasteiger partial charge in [0.2, 0.25) is 0 Å². The third-order valence-corrected chi connectivity index (χ3v) is 3.33. The molecule has 0 radical (unpaired) electrons. The summed E-state index contributed by atoms with van der Waals surface area (Å²) in [4.78, 5) is 11.5. The molecule has 0 amide bonds. The van der Waals surface area contributed by atoms with Crippen molar-refractivity contribution < 1.29 is 9.53 Å². The smallest absolute Gasteiger partial charge is 0.306 e. The largest absolute Gasteiger partial charge is 0.462 e. The van der Waals surface area contributed by atoms with Crippen LogP contribution in [0.4, 0.5) is 0 Å². The van der Waals surface area contributed by atoms with E-state index in [-0.39, 0.29) is 12.1 Å². The Bertz CT molecular complexity index is 183. The number of hydrogen-bond acceptors (Lipinski definition) is 2. The molecule has 0 bridgehead atoms. The Morgan fingerprint density at radius 1 is 1.06 bits per heavy atom. The van der Waals surface area contributed by atoms with Crippen LogP contribution in [0.2, 0.25) is 0 Å². The van der Waals surface area contributed by atoms with Crippen LogP contribution < -0.4 is 0 Å². The van der Waals surface area contributed by atoms with Gasteiger partial charge in [-0.3, -0.25) is 4.79 Å². The van der Waals surface area contributed by atoms with Crippen molar-refractivity contribution in [3.8, 4) is 0 Å². The Labute approximate surface area is 99.8 Å². The Kier molecular flexibility index (Phi) is 7.28. The van der Waals surface area contributed by atoms with Gasteiger partial charge < -0.3 is 4.74 Å². The topological polar surface area (TPSA) is 26.3 Å². The highest BCUT2D eigenvalue weighted by atomic mass is 16.5. The van der Waals surface area contributed by atoms with Crippen molar-refractivity contribution in [3.05, 3.63) is 0 Å². The van der Waals surface area contributed by atoms with E-state index in [1.165, 1.54) is 44.9 Å². The van der Waals surface area contributed by atoms with E-state index in [0.29, 0.717) is 6.42 Å². The Hall–Kier alpha value is -0.530. The Morgan fingerprint density at radius 2 is 1.69 bits per heavy atom. The summed E-state index contributed by atoms with van der Waals surface area (Å²) in [5, 5.41) is 0. The minimum absolute atomic E-state index is 0.0300. The molecule has 0 atom stereocenters. The first-order chi connectivity index (χ1) is 7.83. The Balaban J connectivity index is 1.89. The zero-order valence-electron chi connectivity index (χ0n) is 10.7. The molecule has 0 aromatic heterocycles. The van der Waals surface area contributed by atoms with Gasteiger partial charge in [-0.2, -0.15) is 0 Å². The molecule has 0 unspecified atom stereocenters. The summed E-state index contributed by atoms with van der Waals surface area (Å²) < 4.78 is 5.40.